The van der Waals surface area contributed by atoms with Crippen LogP contribution in [0.5, 0.6) is 0 Å². The number of anilines is 1. The van der Waals surface area contributed by atoms with Crippen LogP contribution in [0.1, 0.15) is 18.4 Å². The third kappa shape index (κ3) is 4.44. The standard InChI is InChI=1S/C19H21IN2O3S/c1-14-4-10-18(11-5-14)26(24,25)22-12-2-3-15(13-22)19(23)21-17-8-6-16(20)7-9-17/h4-11,15H,2-3,12-13H2,1H3,(H,21,23)/t15-/m0/s1. The van der Waals surface area contributed by atoms with Crippen LogP contribution in [0.3, 0.4) is 0 Å². The second-order valence-corrected chi connectivity index (χ2v) is 9.69. The van der Waals surface area contributed by atoms with Crippen molar-refractivity contribution >= 4 is 44.2 Å². The largest absolute Gasteiger partial charge is 0.326 e. The number of amides is 1. The number of rotatable bonds is 4. The van der Waals surface area contributed by atoms with Crippen LogP contribution >= 0.6 is 22.6 Å². The van der Waals surface area contributed by atoms with Gasteiger partial charge in [0.1, 0.15) is 0 Å². The lowest BCUT2D eigenvalue weighted by Crippen LogP contribution is -2.43. The molecule has 138 valence electrons. The molecule has 0 bridgehead atoms. The monoisotopic (exact) mass is 484 g/mol. The van der Waals surface area contributed by atoms with E-state index in [0.717, 1.165) is 14.8 Å². The highest BCUT2D eigenvalue weighted by Crippen LogP contribution is 2.25. The van der Waals surface area contributed by atoms with E-state index in [0.29, 0.717) is 19.4 Å². The first-order chi connectivity index (χ1) is 12.4. The molecule has 5 nitrogen and oxygen atoms in total. The number of nitrogens with one attached hydrogen (secondary N) is 1. The Hall–Kier alpha value is -1.45. The first-order valence-electron chi connectivity index (χ1n) is 8.49. The summed E-state index contributed by atoms with van der Waals surface area (Å²) in [7, 11) is -3.57. The van der Waals surface area contributed by atoms with Crippen molar-refractivity contribution in [1.29, 1.82) is 0 Å². The van der Waals surface area contributed by atoms with E-state index >= 15 is 0 Å². The molecule has 0 radical (unpaired) electrons. The average Bonchev–Trinajstić information content (AvgIpc) is 2.64. The summed E-state index contributed by atoms with van der Waals surface area (Å²) in [5.41, 5.74) is 1.74. The molecule has 1 atom stereocenters. The van der Waals surface area contributed by atoms with Gasteiger partial charge in [0, 0.05) is 22.3 Å². The fraction of sp³-hybridized carbons (Fsp3) is 0.316. The molecule has 1 N–H and O–H groups in total. The Morgan fingerprint density at radius 3 is 2.42 bits per heavy atom. The first kappa shape index (κ1) is 19.3. The topological polar surface area (TPSA) is 66.5 Å². The summed E-state index contributed by atoms with van der Waals surface area (Å²) in [6.07, 6.45) is 1.37. The normalized spacial score (nSPS) is 18.5. The number of carbonyl (C=O) groups excluding carboxylic acids is 1. The molecule has 0 aliphatic carbocycles. The van der Waals surface area contributed by atoms with Gasteiger partial charge in [0.15, 0.2) is 0 Å². The van der Waals surface area contributed by atoms with E-state index in [1.807, 2.05) is 31.2 Å². The van der Waals surface area contributed by atoms with Crippen molar-refractivity contribution in [1.82, 2.24) is 4.31 Å². The van der Waals surface area contributed by atoms with E-state index in [2.05, 4.69) is 27.9 Å². The van der Waals surface area contributed by atoms with Crippen molar-refractivity contribution in [3.05, 3.63) is 57.7 Å². The maximum absolute atomic E-state index is 12.9. The van der Waals surface area contributed by atoms with Crippen LogP contribution in [-0.2, 0) is 14.8 Å². The van der Waals surface area contributed by atoms with Crippen molar-refractivity contribution in [2.75, 3.05) is 18.4 Å². The van der Waals surface area contributed by atoms with Crippen molar-refractivity contribution in [3.63, 3.8) is 0 Å². The Kier molecular flexibility index (Phi) is 5.99. The molecule has 1 heterocycles. The van der Waals surface area contributed by atoms with Crippen LogP contribution < -0.4 is 5.32 Å². The maximum Gasteiger partial charge on any atom is 0.243 e. The van der Waals surface area contributed by atoms with E-state index < -0.39 is 10.0 Å². The van der Waals surface area contributed by atoms with Crippen molar-refractivity contribution < 1.29 is 13.2 Å². The number of benzene rings is 2. The summed E-state index contributed by atoms with van der Waals surface area (Å²) < 4.78 is 28.2. The van der Waals surface area contributed by atoms with Gasteiger partial charge < -0.3 is 5.32 Å². The first-order valence-corrected chi connectivity index (χ1v) is 11.0. The molecule has 0 spiro atoms. The number of hydrogen-bond acceptors (Lipinski definition) is 3. The highest BCUT2D eigenvalue weighted by molar-refractivity contribution is 14.1. The average molecular weight is 484 g/mol. The molecule has 2 aromatic carbocycles. The minimum Gasteiger partial charge on any atom is -0.326 e. The Balaban J connectivity index is 1.71. The molecule has 0 saturated carbocycles. The summed E-state index contributed by atoms with van der Waals surface area (Å²) in [5, 5.41) is 2.89. The predicted octanol–water partition coefficient (Wildman–Crippen LogP) is 3.64. The fourth-order valence-electron chi connectivity index (χ4n) is 3.01. The van der Waals surface area contributed by atoms with Gasteiger partial charge in [-0.15, -0.1) is 0 Å². The lowest BCUT2D eigenvalue weighted by atomic mass is 9.99. The van der Waals surface area contributed by atoms with Gasteiger partial charge in [0.25, 0.3) is 0 Å². The quantitative estimate of drug-likeness (QED) is 0.675. The lowest BCUT2D eigenvalue weighted by Gasteiger charge is -2.31. The number of hydrogen-bond donors (Lipinski definition) is 1. The number of aryl methyl sites for hydroxylation is 1. The van der Waals surface area contributed by atoms with Gasteiger partial charge in [-0.1, -0.05) is 17.7 Å². The molecule has 1 fully saturated rings. The molecule has 1 aliphatic rings. The van der Waals surface area contributed by atoms with E-state index in [9.17, 15) is 13.2 Å². The Bertz CT molecular complexity index is 880. The van der Waals surface area contributed by atoms with Gasteiger partial charge in [0.2, 0.25) is 15.9 Å². The van der Waals surface area contributed by atoms with Gasteiger partial charge in [0.05, 0.1) is 10.8 Å². The van der Waals surface area contributed by atoms with Gasteiger partial charge >= 0.3 is 0 Å². The molecule has 26 heavy (non-hydrogen) atoms. The summed E-state index contributed by atoms with van der Waals surface area (Å²) in [5.74, 6) is -0.474. The van der Waals surface area contributed by atoms with Gasteiger partial charge in [-0.05, 0) is 78.8 Å². The Labute approximate surface area is 168 Å². The summed E-state index contributed by atoms with van der Waals surface area (Å²) >= 11 is 2.21. The second-order valence-electron chi connectivity index (χ2n) is 6.51. The summed E-state index contributed by atoms with van der Waals surface area (Å²) in [6, 6.07) is 14.4. The number of halogens is 1. The predicted molar refractivity (Wildman–Crippen MR) is 110 cm³/mol. The fourth-order valence-corrected chi connectivity index (χ4v) is 4.89. The molecule has 2 aromatic rings. The van der Waals surface area contributed by atoms with Crippen molar-refractivity contribution in [3.8, 4) is 0 Å². The highest BCUT2D eigenvalue weighted by Gasteiger charge is 2.33. The van der Waals surface area contributed by atoms with Crippen LogP contribution in [0, 0.1) is 16.4 Å². The van der Waals surface area contributed by atoms with Gasteiger partial charge in [-0.2, -0.15) is 4.31 Å². The van der Waals surface area contributed by atoms with Crippen LogP contribution in [0.4, 0.5) is 5.69 Å². The molecule has 0 aromatic heterocycles. The molecule has 1 saturated heterocycles. The molecule has 1 amide bonds. The van der Waals surface area contributed by atoms with Crippen LogP contribution in [0.2, 0.25) is 0 Å². The molecule has 0 unspecified atom stereocenters. The van der Waals surface area contributed by atoms with Crippen molar-refractivity contribution in [2.45, 2.75) is 24.7 Å². The third-order valence-corrected chi connectivity index (χ3v) is 7.12. The van der Waals surface area contributed by atoms with Crippen LogP contribution in [0.25, 0.3) is 0 Å². The summed E-state index contributed by atoms with van der Waals surface area (Å²) in [4.78, 5) is 12.9. The molecule has 1 aliphatic heterocycles. The van der Waals surface area contributed by atoms with E-state index in [4.69, 9.17) is 0 Å². The van der Waals surface area contributed by atoms with Gasteiger partial charge in [-0.25, -0.2) is 8.42 Å². The zero-order valence-electron chi connectivity index (χ0n) is 14.5. The van der Waals surface area contributed by atoms with Crippen LogP contribution in [0.15, 0.2) is 53.4 Å². The number of sulfonamides is 1. The second kappa shape index (κ2) is 8.06. The number of piperidine rings is 1. The number of carbonyl (C=O) groups is 1. The minimum atomic E-state index is -3.57. The molecule has 3 rings (SSSR count). The Morgan fingerprint density at radius 2 is 1.77 bits per heavy atom. The van der Waals surface area contributed by atoms with E-state index in [1.54, 1.807) is 24.3 Å². The minimum absolute atomic E-state index is 0.130. The molecule has 7 heteroatoms. The lowest BCUT2D eigenvalue weighted by molar-refractivity contribution is -0.120. The smallest absolute Gasteiger partial charge is 0.243 e. The van der Waals surface area contributed by atoms with Gasteiger partial charge in [-0.3, -0.25) is 4.79 Å². The van der Waals surface area contributed by atoms with E-state index in [-0.39, 0.29) is 23.3 Å². The highest BCUT2D eigenvalue weighted by atomic mass is 127. The van der Waals surface area contributed by atoms with Crippen molar-refractivity contribution in [2.24, 2.45) is 5.92 Å². The summed E-state index contributed by atoms with van der Waals surface area (Å²) in [6.45, 7) is 2.58. The molecular weight excluding hydrogens is 463 g/mol. The van der Waals surface area contributed by atoms with E-state index in [1.165, 1.54) is 4.31 Å². The molecular formula is C19H21IN2O3S. The maximum atomic E-state index is 12.9. The SMILES string of the molecule is Cc1ccc(S(=O)(=O)N2CCC[C@H](C(=O)Nc3ccc(I)cc3)C2)cc1. The Morgan fingerprint density at radius 1 is 1.12 bits per heavy atom. The zero-order valence-corrected chi connectivity index (χ0v) is 17.5. The number of nitrogens with zero attached hydrogens (tertiary/aromatic N) is 1. The third-order valence-electron chi connectivity index (χ3n) is 4.53. The van der Waals surface area contributed by atoms with Crippen LogP contribution in [-0.4, -0.2) is 31.7 Å². The zero-order chi connectivity index (χ0) is 18.7.